The molecule has 0 radical (unpaired) electrons. The topological polar surface area (TPSA) is 71.2 Å². The van der Waals surface area contributed by atoms with E-state index in [1.807, 2.05) is 49.4 Å². The zero-order valence-corrected chi connectivity index (χ0v) is 16.6. The first-order valence-corrected chi connectivity index (χ1v) is 9.16. The minimum Gasteiger partial charge on any atom is -0.508 e. The molecule has 0 atom stereocenters. The highest BCUT2D eigenvalue weighted by atomic mass is 16.3. The van der Waals surface area contributed by atoms with Crippen molar-refractivity contribution in [2.45, 2.75) is 33.1 Å². The Morgan fingerprint density at radius 3 is 1.79 bits per heavy atom. The molecule has 1 heterocycles. The highest BCUT2D eigenvalue weighted by molar-refractivity contribution is 5.73. The lowest BCUT2D eigenvalue weighted by Crippen LogP contribution is -2.13. The summed E-state index contributed by atoms with van der Waals surface area (Å²) in [5.41, 5.74) is 4.09. The number of phenols is 2. The first kappa shape index (κ1) is 19.4. The van der Waals surface area contributed by atoms with Crippen LogP contribution in [-0.2, 0) is 5.41 Å². The Morgan fingerprint density at radius 2 is 1.32 bits per heavy atom. The predicted octanol–water partition coefficient (Wildman–Crippen LogP) is 5.12. The summed E-state index contributed by atoms with van der Waals surface area (Å²) in [6.07, 6.45) is 0. The van der Waals surface area contributed by atoms with Crippen LogP contribution in [0.15, 0.2) is 66.7 Å². The zero-order chi connectivity index (χ0) is 20.3. The van der Waals surface area contributed by atoms with Crippen molar-refractivity contribution in [1.29, 1.82) is 0 Å². The fourth-order valence-corrected chi connectivity index (χ4v) is 2.88. The summed E-state index contributed by atoms with van der Waals surface area (Å²) in [6.45, 7) is 8.26. The molecule has 0 aliphatic carbocycles. The van der Waals surface area contributed by atoms with E-state index in [1.54, 1.807) is 24.3 Å². The summed E-state index contributed by atoms with van der Waals surface area (Å²) < 4.78 is 0. The van der Waals surface area contributed by atoms with Crippen LogP contribution < -0.4 is 0 Å². The van der Waals surface area contributed by atoms with Crippen molar-refractivity contribution in [1.82, 2.24) is 15.0 Å². The Hall–Kier alpha value is -3.34. The fraction of sp³-hybridized carbons (Fsp3) is 0.217. The molecule has 0 saturated carbocycles. The van der Waals surface area contributed by atoms with Gasteiger partial charge in [0.1, 0.15) is 28.2 Å². The molecule has 0 unspecified atom stereocenters. The molecule has 0 bridgehead atoms. The van der Waals surface area contributed by atoms with Gasteiger partial charge in [-0.25, -0.2) is 0 Å². The van der Waals surface area contributed by atoms with Crippen LogP contribution in [0, 0.1) is 6.92 Å². The fourth-order valence-electron chi connectivity index (χ4n) is 2.88. The maximum Gasteiger partial charge on any atom is 0.146 e. The van der Waals surface area contributed by atoms with Crippen LogP contribution in [0.4, 0.5) is 0 Å². The van der Waals surface area contributed by atoms with E-state index >= 15 is 0 Å². The summed E-state index contributed by atoms with van der Waals surface area (Å²) in [5.74, 6) is 0.566. The second-order valence-electron chi connectivity index (χ2n) is 7.74. The lowest BCUT2D eigenvalue weighted by Gasteiger charge is -2.22. The smallest absolute Gasteiger partial charge is 0.146 e. The third-order valence-corrected chi connectivity index (χ3v) is 4.30. The van der Waals surface area contributed by atoms with Crippen molar-refractivity contribution in [3.8, 4) is 17.2 Å². The molecule has 3 aromatic carbocycles. The van der Waals surface area contributed by atoms with Gasteiger partial charge in [0.2, 0.25) is 0 Å². The van der Waals surface area contributed by atoms with Crippen LogP contribution in [0.5, 0.6) is 11.5 Å². The number of benzene rings is 3. The third-order valence-electron chi connectivity index (χ3n) is 4.30. The van der Waals surface area contributed by atoms with E-state index in [0.29, 0.717) is 11.4 Å². The van der Waals surface area contributed by atoms with Crippen LogP contribution in [0.25, 0.3) is 16.7 Å². The number of para-hydroxylation sites is 1. The highest BCUT2D eigenvalue weighted by Gasteiger charge is 2.22. The lowest BCUT2D eigenvalue weighted by molar-refractivity contribution is 0.440. The largest absolute Gasteiger partial charge is 0.508 e. The number of hydrogen-bond acceptors (Lipinski definition) is 4. The van der Waals surface area contributed by atoms with Crippen LogP contribution in [0.1, 0.15) is 31.9 Å². The molecule has 4 aromatic rings. The summed E-state index contributed by atoms with van der Waals surface area (Å²) in [5, 5.41) is 28.2. The minimum atomic E-state index is -0.141. The van der Waals surface area contributed by atoms with E-state index in [0.717, 1.165) is 22.2 Å². The molecule has 0 fully saturated rings. The normalized spacial score (nSPS) is 11.1. The molecule has 28 heavy (non-hydrogen) atoms. The molecule has 5 nitrogen and oxygen atoms in total. The van der Waals surface area contributed by atoms with Crippen molar-refractivity contribution in [3.05, 3.63) is 77.9 Å². The highest BCUT2D eigenvalue weighted by Crippen LogP contribution is 2.36. The Bertz CT molecular complexity index is 1050. The Morgan fingerprint density at radius 1 is 0.786 bits per heavy atom. The quantitative estimate of drug-likeness (QED) is 0.484. The maximum atomic E-state index is 10.6. The standard InChI is InChI=1S/C17H19N3O.C6H6O/c1-11-9-12(17(2,3)4)16(21)15(10-11)20-18-13-7-5-6-8-14(13)19-20;7-6-4-2-1-3-5-6/h5-10,21H,1-4H3;1-5,7H. The Kier molecular flexibility index (Phi) is 5.36. The molecule has 4 rings (SSSR count). The van der Waals surface area contributed by atoms with E-state index < -0.39 is 0 Å². The molecule has 0 spiro atoms. The van der Waals surface area contributed by atoms with E-state index in [4.69, 9.17) is 5.11 Å². The number of aromatic nitrogens is 3. The van der Waals surface area contributed by atoms with E-state index in [2.05, 4.69) is 31.0 Å². The Labute approximate surface area is 164 Å². The van der Waals surface area contributed by atoms with Crippen molar-refractivity contribution in [2.75, 3.05) is 0 Å². The number of fused-ring (bicyclic) bond motifs is 1. The summed E-state index contributed by atoms with van der Waals surface area (Å²) in [4.78, 5) is 1.52. The number of aromatic hydroxyl groups is 2. The number of rotatable bonds is 1. The first-order valence-electron chi connectivity index (χ1n) is 9.16. The Balaban J connectivity index is 0.000000271. The SMILES string of the molecule is Cc1cc(-n2nc3ccccc3n2)c(O)c(C(C)(C)C)c1.Oc1ccccc1. The van der Waals surface area contributed by atoms with Gasteiger partial charge in [-0.3, -0.25) is 0 Å². The number of phenolic OH excluding ortho intramolecular Hbond substituents is 2. The maximum absolute atomic E-state index is 10.6. The molecular formula is C23H25N3O2. The van der Waals surface area contributed by atoms with Gasteiger partial charge in [0.15, 0.2) is 0 Å². The summed E-state index contributed by atoms with van der Waals surface area (Å²) >= 11 is 0. The molecule has 0 aliphatic rings. The number of hydrogen-bond donors (Lipinski definition) is 2. The van der Waals surface area contributed by atoms with Gasteiger partial charge >= 0.3 is 0 Å². The lowest BCUT2D eigenvalue weighted by atomic mass is 9.85. The zero-order valence-electron chi connectivity index (χ0n) is 16.6. The second kappa shape index (κ2) is 7.72. The molecule has 144 valence electrons. The van der Waals surface area contributed by atoms with Crippen LogP contribution in [-0.4, -0.2) is 25.2 Å². The summed E-state index contributed by atoms with van der Waals surface area (Å²) in [6, 6.07) is 20.3. The van der Waals surface area contributed by atoms with Crippen LogP contribution in [0.3, 0.4) is 0 Å². The first-order chi connectivity index (χ1) is 13.3. The molecule has 5 heteroatoms. The predicted molar refractivity (Wildman–Crippen MR) is 112 cm³/mol. The molecule has 0 amide bonds. The molecule has 0 saturated heterocycles. The van der Waals surface area contributed by atoms with Gasteiger partial charge in [0.05, 0.1) is 0 Å². The van der Waals surface area contributed by atoms with Crippen LogP contribution in [0.2, 0.25) is 0 Å². The van der Waals surface area contributed by atoms with Crippen LogP contribution >= 0.6 is 0 Å². The average molecular weight is 375 g/mol. The van der Waals surface area contributed by atoms with Gasteiger partial charge in [-0.05, 0) is 48.2 Å². The van der Waals surface area contributed by atoms with Crippen molar-refractivity contribution in [2.24, 2.45) is 0 Å². The summed E-state index contributed by atoms with van der Waals surface area (Å²) in [7, 11) is 0. The van der Waals surface area contributed by atoms with E-state index in [9.17, 15) is 5.11 Å². The van der Waals surface area contributed by atoms with Gasteiger partial charge in [-0.2, -0.15) is 0 Å². The number of nitrogens with zero attached hydrogens (tertiary/aromatic N) is 3. The molecule has 2 N–H and O–H groups in total. The molecule has 0 aliphatic heterocycles. The monoisotopic (exact) mass is 375 g/mol. The van der Waals surface area contributed by atoms with Gasteiger partial charge in [-0.15, -0.1) is 15.0 Å². The van der Waals surface area contributed by atoms with Crippen molar-refractivity contribution < 1.29 is 10.2 Å². The van der Waals surface area contributed by atoms with Gasteiger partial charge in [-0.1, -0.05) is 57.2 Å². The molecular weight excluding hydrogens is 350 g/mol. The van der Waals surface area contributed by atoms with E-state index in [1.165, 1.54) is 4.80 Å². The molecule has 1 aromatic heterocycles. The van der Waals surface area contributed by atoms with Crippen molar-refractivity contribution >= 4 is 11.0 Å². The van der Waals surface area contributed by atoms with Crippen molar-refractivity contribution in [3.63, 3.8) is 0 Å². The number of aryl methyl sites for hydroxylation is 1. The van der Waals surface area contributed by atoms with Gasteiger partial charge in [0.25, 0.3) is 0 Å². The second-order valence-corrected chi connectivity index (χ2v) is 7.74. The average Bonchev–Trinajstić information content (AvgIpc) is 3.07. The van der Waals surface area contributed by atoms with Gasteiger partial charge < -0.3 is 10.2 Å². The third kappa shape index (κ3) is 4.31. The van der Waals surface area contributed by atoms with E-state index in [-0.39, 0.29) is 11.2 Å². The minimum absolute atomic E-state index is 0.141. The van der Waals surface area contributed by atoms with Gasteiger partial charge in [0, 0.05) is 5.56 Å².